The third-order valence-corrected chi connectivity index (χ3v) is 11.9. The molecule has 0 aromatic carbocycles. The van der Waals surface area contributed by atoms with Crippen molar-refractivity contribution < 1.29 is 66.8 Å². The summed E-state index contributed by atoms with van der Waals surface area (Å²) in [5.74, 6) is -1.46. The van der Waals surface area contributed by atoms with E-state index in [9.17, 15) is 14.7 Å². The van der Waals surface area contributed by atoms with Gasteiger partial charge in [-0.1, -0.05) is 48.5 Å². The molecule has 1 N–H and O–H groups in total. The van der Waals surface area contributed by atoms with Crippen molar-refractivity contribution in [3.05, 3.63) is 0 Å². The normalized spacial score (nSPS) is 47.8. The zero-order valence-electron chi connectivity index (χ0n) is 32.7. The Morgan fingerprint density at radius 1 is 0.490 bits per heavy atom. The summed E-state index contributed by atoms with van der Waals surface area (Å²) in [6.45, 7) is 20.7. The van der Waals surface area contributed by atoms with Gasteiger partial charge in [-0.05, 0) is 31.6 Å². The summed E-state index contributed by atoms with van der Waals surface area (Å²) in [6.07, 6.45) is -6.98. The minimum absolute atomic E-state index is 0.00476. The predicted octanol–water partition coefficient (Wildman–Crippen LogP) is 3.68. The maximum absolute atomic E-state index is 11.9. The quantitative estimate of drug-likeness (QED) is 0.290. The summed E-state index contributed by atoms with van der Waals surface area (Å²) < 4.78 is 67.9. The van der Waals surface area contributed by atoms with Crippen LogP contribution in [0.3, 0.4) is 0 Å². The molecule has 0 bridgehead atoms. The van der Waals surface area contributed by atoms with Crippen molar-refractivity contribution in [2.45, 2.75) is 156 Å². The van der Waals surface area contributed by atoms with Crippen LogP contribution in [0.25, 0.3) is 0 Å². The van der Waals surface area contributed by atoms with Crippen LogP contribution in [0, 0.1) is 41.4 Å². The number of carbonyl (C=O) groups is 2. The third kappa shape index (κ3) is 9.62. The van der Waals surface area contributed by atoms with Crippen LogP contribution in [0.15, 0.2) is 0 Å². The van der Waals surface area contributed by atoms with Crippen LogP contribution in [0.4, 0.5) is 0 Å². The molecule has 0 aliphatic carbocycles. The van der Waals surface area contributed by atoms with Gasteiger partial charge in [0.1, 0.15) is 31.5 Å². The number of carbonyl (C=O) groups excluding carboxylic acids is 2. The summed E-state index contributed by atoms with van der Waals surface area (Å²) in [5, 5.41) is 10.6. The molecule has 4 aliphatic rings. The molecule has 0 saturated carbocycles. The molecule has 51 heavy (non-hydrogen) atoms. The Bertz CT molecular complexity index is 1120. The highest BCUT2D eigenvalue weighted by Gasteiger charge is 2.52. The number of hydrogen-bond donors (Lipinski definition) is 1. The van der Waals surface area contributed by atoms with Gasteiger partial charge in [0.05, 0.1) is 36.6 Å². The van der Waals surface area contributed by atoms with E-state index in [4.69, 9.17) is 52.1 Å². The molecule has 0 aromatic heterocycles. The average Bonchev–Trinajstić information content (AvgIpc) is 3.08. The highest BCUT2D eigenvalue weighted by molar-refractivity contribution is 5.66. The Kier molecular flexibility index (Phi) is 15.1. The molecule has 20 atom stereocenters. The van der Waals surface area contributed by atoms with Gasteiger partial charge in [0.15, 0.2) is 25.2 Å². The SMILES string of the molecule is COC1C(C)[C@@H](O[C@@H]2C(COC(C)=O)O[C@H](OC)C(C)[C@H]2C)O[C@@H](C)[C@H]1O[C@H]1O[C@@H](COC(C)=O)[C@@H](O[C@@H]2OC(C)[C@@H](O)[C@H](C)C2C)C(C)C1C. The van der Waals surface area contributed by atoms with Gasteiger partial charge < -0.3 is 57.2 Å². The number of aliphatic hydroxyl groups excluding tert-OH is 1. The first kappa shape index (κ1) is 42.3. The zero-order chi connectivity index (χ0) is 37.9. The molecular weight excluding hydrogens is 668 g/mol. The van der Waals surface area contributed by atoms with E-state index in [1.54, 1.807) is 14.2 Å². The van der Waals surface area contributed by atoms with E-state index in [0.717, 1.165) is 0 Å². The molecule has 8 unspecified atom stereocenters. The van der Waals surface area contributed by atoms with Crippen molar-refractivity contribution in [2.24, 2.45) is 41.4 Å². The predicted molar refractivity (Wildman–Crippen MR) is 182 cm³/mol. The molecule has 14 nitrogen and oxygen atoms in total. The van der Waals surface area contributed by atoms with E-state index in [1.165, 1.54) is 13.8 Å². The molecule has 4 heterocycles. The largest absolute Gasteiger partial charge is 0.463 e. The van der Waals surface area contributed by atoms with Gasteiger partial charge in [-0.3, -0.25) is 9.59 Å². The molecule has 0 amide bonds. The first-order valence-corrected chi connectivity index (χ1v) is 18.6. The van der Waals surface area contributed by atoms with Gasteiger partial charge in [-0.25, -0.2) is 0 Å². The Morgan fingerprint density at radius 3 is 1.39 bits per heavy atom. The smallest absolute Gasteiger partial charge is 0.302 e. The highest BCUT2D eigenvalue weighted by Crippen LogP contribution is 2.42. The first-order chi connectivity index (χ1) is 24.0. The second kappa shape index (κ2) is 18.2. The molecule has 4 aliphatic heterocycles. The van der Waals surface area contributed by atoms with Crippen molar-refractivity contribution in [3.8, 4) is 0 Å². The molecular formula is C37H64O14. The van der Waals surface area contributed by atoms with E-state index in [2.05, 4.69) is 13.8 Å². The lowest BCUT2D eigenvalue weighted by molar-refractivity contribution is -0.365. The second-order valence-corrected chi connectivity index (χ2v) is 15.4. The number of rotatable bonds is 12. The number of hydrogen-bond acceptors (Lipinski definition) is 14. The third-order valence-electron chi connectivity index (χ3n) is 11.9. The van der Waals surface area contributed by atoms with Crippen LogP contribution < -0.4 is 0 Å². The van der Waals surface area contributed by atoms with Crippen LogP contribution in [-0.2, 0) is 61.7 Å². The lowest BCUT2D eigenvalue weighted by Gasteiger charge is -2.51. The molecule has 0 radical (unpaired) electrons. The van der Waals surface area contributed by atoms with Crippen molar-refractivity contribution >= 4 is 11.9 Å². The fraction of sp³-hybridized carbons (Fsp3) is 0.946. The topological polar surface area (TPSA) is 156 Å². The summed E-state index contributed by atoms with van der Waals surface area (Å²) in [6, 6.07) is 0. The monoisotopic (exact) mass is 732 g/mol. The summed E-state index contributed by atoms with van der Waals surface area (Å²) in [7, 11) is 3.23. The van der Waals surface area contributed by atoms with E-state index in [0.29, 0.717) is 0 Å². The standard InChI is InChI=1S/C37H64O14/c1-16-19(4)35(45-23(8)29(16)40)49-31-18(3)21(6)36(48-28(31)15-44-26(11)39)51-33-24(9)46-37(22(7)32(33)41-12)50-30-17(2)20(5)34(42-13)47-27(30)14-43-25(10)38/h16-24,27-37,40H,14-15H2,1-13H3/t16-,17-,18?,19?,20?,21?,22?,23?,24+,27?,28+,29+,30+,31+,32?,33-,34+,35+,36-,37-/m1/s1. The van der Waals surface area contributed by atoms with Gasteiger partial charge in [0, 0.05) is 51.7 Å². The van der Waals surface area contributed by atoms with E-state index in [-0.39, 0.29) is 54.6 Å². The van der Waals surface area contributed by atoms with Crippen LogP contribution >= 0.6 is 0 Å². The molecule has 4 rings (SSSR count). The van der Waals surface area contributed by atoms with Crippen LogP contribution in [0.5, 0.6) is 0 Å². The number of methoxy groups -OCH3 is 2. The number of aliphatic hydroxyl groups is 1. The number of ether oxygens (including phenoxy) is 11. The average molecular weight is 733 g/mol. The Hall–Kier alpha value is -1.46. The second-order valence-electron chi connectivity index (χ2n) is 15.4. The molecule has 296 valence electrons. The van der Waals surface area contributed by atoms with E-state index in [1.807, 2.05) is 48.5 Å². The summed E-state index contributed by atoms with van der Waals surface area (Å²) in [5.41, 5.74) is 0. The minimum Gasteiger partial charge on any atom is -0.463 e. The maximum atomic E-state index is 11.9. The van der Waals surface area contributed by atoms with Crippen molar-refractivity contribution in [3.63, 3.8) is 0 Å². The fourth-order valence-corrected chi connectivity index (χ4v) is 7.88. The van der Waals surface area contributed by atoms with Gasteiger partial charge in [-0.15, -0.1) is 0 Å². The van der Waals surface area contributed by atoms with Gasteiger partial charge in [0.25, 0.3) is 0 Å². The summed E-state index contributed by atoms with van der Waals surface area (Å²) in [4.78, 5) is 23.6. The van der Waals surface area contributed by atoms with Gasteiger partial charge in [0.2, 0.25) is 0 Å². The maximum Gasteiger partial charge on any atom is 0.302 e. The van der Waals surface area contributed by atoms with Crippen molar-refractivity contribution in [1.29, 1.82) is 0 Å². The Balaban J connectivity index is 1.49. The van der Waals surface area contributed by atoms with E-state index >= 15 is 0 Å². The van der Waals surface area contributed by atoms with Crippen molar-refractivity contribution in [1.82, 2.24) is 0 Å². The molecule has 4 fully saturated rings. The highest BCUT2D eigenvalue weighted by atomic mass is 16.8. The van der Waals surface area contributed by atoms with Crippen LogP contribution in [0.2, 0.25) is 0 Å². The molecule has 4 saturated heterocycles. The lowest BCUT2D eigenvalue weighted by atomic mass is 9.83. The lowest BCUT2D eigenvalue weighted by Crippen LogP contribution is -2.61. The van der Waals surface area contributed by atoms with Crippen LogP contribution in [0.1, 0.15) is 76.2 Å². The Morgan fingerprint density at radius 2 is 0.902 bits per heavy atom. The van der Waals surface area contributed by atoms with Gasteiger partial charge >= 0.3 is 11.9 Å². The van der Waals surface area contributed by atoms with Gasteiger partial charge in [-0.2, -0.15) is 0 Å². The molecule has 0 spiro atoms. The Labute approximate surface area is 303 Å². The molecule has 14 heteroatoms. The minimum atomic E-state index is -0.699. The van der Waals surface area contributed by atoms with Crippen LogP contribution in [-0.4, -0.2) is 125 Å². The zero-order valence-corrected chi connectivity index (χ0v) is 32.7. The van der Waals surface area contributed by atoms with E-state index < -0.39 is 92.0 Å². The fourth-order valence-electron chi connectivity index (χ4n) is 7.88. The number of esters is 2. The first-order valence-electron chi connectivity index (χ1n) is 18.6. The molecule has 0 aromatic rings. The summed E-state index contributed by atoms with van der Waals surface area (Å²) >= 11 is 0. The van der Waals surface area contributed by atoms with Crippen molar-refractivity contribution in [2.75, 3.05) is 27.4 Å².